The quantitative estimate of drug-likeness (QED) is 0.761. The average Bonchev–Trinajstić information content (AvgIpc) is 2.71. The van der Waals surface area contributed by atoms with E-state index < -0.39 is 10.0 Å². The minimum Gasteiger partial charge on any atom is -0.379 e. The number of rotatable bonds is 6. The van der Waals surface area contributed by atoms with Crippen LogP contribution in [0.5, 0.6) is 0 Å². The predicted octanol–water partition coefficient (Wildman–Crippen LogP) is 2.71. The van der Waals surface area contributed by atoms with Crippen molar-refractivity contribution in [3.05, 3.63) is 53.1 Å². The first kappa shape index (κ1) is 22.3. The summed E-state index contributed by atoms with van der Waals surface area (Å²) in [6.07, 6.45) is 0. The molecule has 8 heteroatoms. The second-order valence-corrected chi connectivity index (χ2v) is 9.60. The lowest BCUT2D eigenvalue weighted by Crippen LogP contribution is -2.40. The molecule has 0 bridgehead atoms. The SMILES string of the molecule is Cc1ccc(C)c(N(C)CC(=O)Nc2ccc(C)c(S(=O)(=O)N3CCOCC3)c2)c1. The van der Waals surface area contributed by atoms with Gasteiger partial charge in [-0.15, -0.1) is 0 Å². The number of amides is 1. The van der Waals surface area contributed by atoms with E-state index in [1.165, 1.54) is 10.4 Å². The first-order chi connectivity index (χ1) is 14.2. The van der Waals surface area contributed by atoms with Gasteiger partial charge in [-0.1, -0.05) is 18.2 Å². The van der Waals surface area contributed by atoms with Gasteiger partial charge in [-0.25, -0.2) is 8.42 Å². The molecule has 0 aromatic heterocycles. The van der Waals surface area contributed by atoms with E-state index in [0.29, 0.717) is 37.6 Å². The number of likely N-dealkylation sites (N-methyl/N-ethyl adjacent to an activating group) is 1. The standard InChI is InChI=1S/C22H29N3O4S/c1-16-5-6-17(2)20(13-16)24(4)15-22(26)23-19-8-7-18(3)21(14-19)30(27,28)25-9-11-29-12-10-25/h5-8,13-14H,9-12,15H2,1-4H3,(H,23,26). The minimum absolute atomic E-state index is 0.156. The summed E-state index contributed by atoms with van der Waals surface area (Å²) in [5.74, 6) is -0.211. The van der Waals surface area contributed by atoms with Crippen LogP contribution < -0.4 is 10.2 Å². The Bertz CT molecular complexity index is 1030. The van der Waals surface area contributed by atoms with Gasteiger partial charge in [0.15, 0.2) is 0 Å². The molecule has 1 aliphatic heterocycles. The predicted molar refractivity (Wildman–Crippen MR) is 119 cm³/mol. The smallest absolute Gasteiger partial charge is 0.243 e. The molecule has 0 aliphatic carbocycles. The van der Waals surface area contributed by atoms with Crippen molar-refractivity contribution in [3.63, 3.8) is 0 Å². The first-order valence-corrected chi connectivity index (χ1v) is 11.4. The summed E-state index contributed by atoms with van der Waals surface area (Å²) >= 11 is 0. The lowest BCUT2D eigenvalue weighted by molar-refractivity contribution is -0.114. The Morgan fingerprint density at radius 3 is 2.43 bits per heavy atom. The molecule has 3 rings (SSSR count). The number of sulfonamides is 1. The largest absolute Gasteiger partial charge is 0.379 e. The Morgan fingerprint density at radius 2 is 1.73 bits per heavy atom. The number of nitrogens with one attached hydrogen (secondary N) is 1. The zero-order valence-electron chi connectivity index (χ0n) is 17.9. The van der Waals surface area contributed by atoms with Crippen LogP contribution in [-0.2, 0) is 19.6 Å². The molecule has 2 aromatic rings. The molecule has 0 radical (unpaired) electrons. The molecule has 0 unspecified atom stereocenters. The van der Waals surface area contributed by atoms with Gasteiger partial charge < -0.3 is 15.0 Å². The molecule has 7 nitrogen and oxygen atoms in total. The van der Waals surface area contributed by atoms with E-state index in [-0.39, 0.29) is 17.3 Å². The summed E-state index contributed by atoms with van der Waals surface area (Å²) in [5.41, 5.74) is 4.31. The molecule has 1 amide bonds. The molecule has 0 saturated carbocycles. The first-order valence-electron chi connectivity index (χ1n) is 9.95. The number of carbonyl (C=O) groups excluding carboxylic acids is 1. The monoisotopic (exact) mass is 431 g/mol. The number of aryl methyl sites for hydroxylation is 3. The Labute approximate surface area is 178 Å². The second kappa shape index (κ2) is 9.16. The van der Waals surface area contributed by atoms with Gasteiger partial charge in [0.2, 0.25) is 15.9 Å². The summed E-state index contributed by atoms with van der Waals surface area (Å²) < 4.78 is 32.7. The highest BCUT2D eigenvalue weighted by molar-refractivity contribution is 7.89. The Morgan fingerprint density at radius 1 is 1.07 bits per heavy atom. The van der Waals surface area contributed by atoms with Gasteiger partial charge in [0, 0.05) is 31.5 Å². The van der Waals surface area contributed by atoms with Crippen molar-refractivity contribution >= 4 is 27.3 Å². The molecule has 30 heavy (non-hydrogen) atoms. The number of benzene rings is 2. The second-order valence-electron chi connectivity index (χ2n) is 7.69. The lowest BCUT2D eigenvalue weighted by atomic mass is 10.1. The Hall–Kier alpha value is -2.42. The third-order valence-electron chi connectivity index (χ3n) is 5.22. The average molecular weight is 432 g/mol. The molecule has 1 N–H and O–H groups in total. The van der Waals surface area contributed by atoms with Crippen LogP contribution in [0.25, 0.3) is 0 Å². The molecule has 1 saturated heterocycles. The van der Waals surface area contributed by atoms with E-state index in [2.05, 4.69) is 5.32 Å². The van der Waals surface area contributed by atoms with Crippen LogP contribution in [0.3, 0.4) is 0 Å². The highest BCUT2D eigenvalue weighted by Gasteiger charge is 2.28. The number of ether oxygens (including phenoxy) is 1. The summed E-state index contributed by atoms with van der Waals surface area (Å²) in [7, 11) is -1.77. The Kier molecular flexibility index (Phi) is 6.80. The van der Waals surface area contributed by atoms with E-state index in [0.717, 1.165) is 16.8 Å². The van der Waals surface area contributed by atoms with E-state index in [9.17, 15) is 13.2 Å². The number of anilines is 2. The van der Waals surface area contributed by atoms with Crippen LogP contribution in [0, 0.1) is 20.8 Å². The van der Waals surface area contributed by atoms with Crippen LogP contribution in [-0.4, -0.2) is 58.5 Å². The summed E-state index contributed by atoms with van der Waals surface area (Å²) in [6.45, 7) is 7.37. The minimum atomic E-state index is -3.64. The molecule has 2 aromatic carbocycles. The number of carbonyl (C=O) groups is 1. The van der Waals surface area contributed by atoms with Crippen LogP contribution in [0.1, 0.15) is 16.7 Å². The fourth-order valence-corrected chi connectivity index (χ4v) is 5.17. The van der Waals surface area contributed by atoms with E-state index in [4.69, 9.17) is 4.74 Å². The van der Waals surface area contributed by atoms with Crippen molar-refractivity contribution in [2.75, 3.05) is 50.1 Å². The van der Waals surface area contributed by atoms with Gasteiger partial charge in [0.25, 0.3) is 0 Å². The van der Waals surface area contributed by atoms with Crippen molar-refractivity contribution < 1.29 is 17.9 Å². The maximum Gasteiger partial charge on any atom is 0.243 e. The van der Waals surface area contributed by atoms with E-state index in [1.807, 2.05) is 44.0 Å². The van der Waals surface area contributed by atoms with E-state index in [1.54, 1.807) is 19.1 Å². The van der Waals surface area contributed by atoms with Gasteiger partial charge in [0.05, 0.1) is 24.7 Å². The maximum absolute atomic E-state index is 13.0. The third-order valence-corrected chi connectivity index (χ3v) is 7.26. The third kappa shape index (κ3) is 5.00. The summed E-state index contributed by atoms with van der Waals surface area (Å²) in [4.78, 5) is 14.7. The van der Waals surface area contributed by atoms with Gasteiger partial charge in [-0.05, 0) is 55.7 Å². The number of morpholine rings is 1. The molecular formula is C22H29N3O4S. The van der Waals surface area contributed by atoms with Crippen LogP contribution in [0.2, 0.25) is 0 Å². The van der Waals surface area contributed by atoms with Gasteiger partial charge in [-0.3, -0.25) is 4.79 Å². The molecule has 1 fully saturated rings. The summed E-state index contributed by atoms with van der Waals surface area (Å²) in [5, 5.41) is 2.83. The lowest BCUT2D eigenvalue weighted by Gasteiger charge is -2.27. The molecule has 0 atom stereocenters. The van der Waals surface area contributed by atoms with Gasteiger partial charge in [-0.2, -0.15) is 4.31 Å². The fraction of sp³-hybridized carbons (Fsp3) is 0.409. The maximum atomic E-state index is 13.0. The number of hydrogen-bond donors (Lipinski definition) is 1. The summed E-state index contributed by atoms with van der Waals surface area (Å²) in [6, 6.07) is 11.1. The fourth-order valence-electron chi connectivity index (χ4n) is 3.51. The van der Waals surface area contributed by atoms with E-state index >= 15 is 0 Å². The van der Waals surface area contributed by atoms with Crippen molar-refractivity contribution in [1.29, 1.82) is 0 Å². The zero-order chi connectivity index (χ0) is 21.9. The normalized spacial score (nSPS) is 15.1. The Balaban J connectivity index is 1.74. The molecule has 162 valence electrons. The van der Waals surface area contributed by atoms with Crippen molar-refractivity contribution in [2.24, 2.45) is 0 Å². The molecule has 0 spiro atoms. The zero-order valence-corrected chi connectivity index (χ0v) is 18.8. The van der Waals surface area contributed by atoms with Crippen LogP contribution in [0.4, 0.5) is 11.4 Å². The van der Waals surface area contributed by atoms with Gasteiger partial charge in [0.1, 0.15) is 0 Å². The number of nitrogens with zero attached hydrogens (tertiary/aromatic N) is 2. The number of hydrogen-bond acceptors (Lipinski definition) is 5. The van der Waals surface area contributed by atoms with Crippen LogP contribution in [0.15, 0.2) is 41.3 Å². The van der Waals surface area contributed by atoms with Crippen LogP contribution >= 0.6 is 0 Å². The topological polar surface area (TPSA) is 79.0 Å². The van der Waals surface area contributed by atoms with Crippen molar-refractivity contribution in [2.45, 2.75) is 25.7 Å². The molecule has 1 heterocycles. The molecular weight excluding hydrogens is 402 g/mol. The van der Waals surface area contributed by atoms with Crippen molar-refractivity contribution in [3.8, 4) is 0 Å². The molecule has 1 aliphatic rings. The van der Waals surface area contributed by atoms with Gasteiger partial charge >= 0.3 is 0 Å². The highest BCUT2D eigenvalue weighted by atomic mass is 32.2. The van der Waals surface area contributed by atoms with Crippen molar-refractivity contribution in [1.82, 2.24) is 4.31 Å². The highest BCUT2D eigenvalue weighted by Crippen LogP contribution is 2.25.